The zero-order chi connectivity index (χ0) is 14.1. The Morgan fingerprint density at radius 1 is 1.42 bits per heavy atom. The molecule has 1 fully saturated rings. The zero-order valence-corrected chi connectivity index (χ0v) is 11.8. The Morgan fingerprint density at radius 3 is 2.74 bits per heavy atom. The van der Waals surface area contributed by atoms with Crippen molar-refractivity contribution in [1.82, 2.24) is 5.32 Å². The molecule has 0 aliphatic carbocycles. The van der Waals surface area contributed by atoms with E-state index in [0.29, 0.717) is 12.2 Å². The maximum atomic E-state index is 11.4. The lowest BCUT2D eigenvalue weighted by Gasteiger charge is -2.22. The average Bonchev–Trinajstić information content (AvgIpc) is 2.73. The van der Waals surface area contributed by atoms with E-state index in [4.69, 9.17) is 9.56 Å². The highest BCUT2D eigenvalue weighted by Crippen LogP contribution is 2.15. The summed E-state index contributed by atoms with van der Waals surface area (Å²) in [7, 11) is -6.80. The first-order valence-electron chi connectivity index (χ1n) is 5.82. The quantitative estimate of drug-likeness (QED) is 0.780. The van der Waals surface area contributed by atoms with Crippen LogP contribution in [0.5, 0.6) is 0 Å². The molecule has 0 amide bonds. The molecule has 1 aromatic rings. The number of rotatable bonds is 4. The zero-order valence-electron chi connectivity index (χ0n) is 10.2. The van der Waals surface area contributed by atoms with E-state index in [1.54, 1.807) is 0 Å². The molecule has 108 valence electrons. The molecule has 0 saturated carbocycles. The van der Waals surface area contributed by atoms with Crippen LogP contribution >= 0.6 is 0 Å². The van der Waals surface area contributed by atoms with Gasteiger partial charge in [-0.3, -0.25) is 0 Å². The first-order valence-corrected chi connectivity index (χ1v) is 9.18. The van der Waals surface area contributed by atoms with Crippen LogP contribution in [0.4, 0.5) is 0 Å². The van der Waals surface area contributed by atoms with Crippen LogP contribution in [-0.4, -0.2) is 34.4 Å². The van der Waals surface area contributed by atoms with Gasteiger partial charge in [0.1, 0.15) is 5.76 Å². The van der Waals surface area contributed by atoms with Crippen LogP contribution in [0.3, 0.4) is 0 Å². The third kappa shape index (κ3) is 4.03. The third-order valence-electron chi connectivity index (χ3n) is 2.95. The van der Waals surface area contributed by atoms with Gasteiger partial charge in [-0.1, -0.05) is 0 Å². The van der Waals surface area contributed by atoms with Gasteiger partial charge in [0.15, 0.2) is 9.84 Å². The molecule has 3 N–H and O–H groups in total. The third-order valence-corrected chi connectivity index (χ3v) is 5.55. The molecule has 1 aliphatic rings. The van der Waals surface area contributed by atoms with Crippen molar-refractivity contribution in [2.24, 2.45) is 5.14 Å². The second-order valence-corrected chi connectivity index (χ2v) is 8.32. The average molecular weight is 308 g/mol. The summed E-state index contributed by atoms with van der Waals surface area (Å²) in [6.45, 7) is 0.274. The van der Waals surface area contributed by atoms with Crippen LogP contribution in [0.25, 0.3) is 0 Å². The second-order valence-electron chi connectivity index (χ2n) is 4.60. The van der Waals surface area contributed by atoms with Crippen LogP contribution in [0, 0.1) is 0 Å². The first kappa shape index (κ1) is 14.5. The minimum Gasteiger partial charge on any atom is -0.447 e. The summed E-state index contributed by atoms with van der Waals surface area (Å²) >= 11 is 0. The molecule has 9 heteroatoms. The SMILES string of the molecule is NS(=O)(=O)c1ccc(CNC2CCCS(=O)(=O)C2)o1. The number of sulfone groups is 1. The van der Waals surface area contributed by atoms with Crippen LogP contribution in [0.2, 0.25) is 0 Å². The summed E-state index contributed by atoms with van der Waals surface area (Å²) in [5, 5.41) is 7.68. The Hall–Kier alpha value is -0.900. The van der Waals surface area contributed by atoms with Gasteiger partial charge >= 0.3 is 0 Å². The predicted octanol–water partition coefficient (Wildman–Crippen LogP) is -0.406. The predicted molar refractivity (Wildman–Crippen MR) is 68.6 cm³/mol. The van der Waals surface area contributed by atoms with Gasteiger partial charge in [-0.2, -0.15) is 0 Å². The van der Waals surface area contributed by atoms with Crippen molar-refractivity contribution >= 4 is 19.9 Å². The highest BCUT2D eigenvalue weighted by atomic mass is 32.2. The van der Waals surface area contributed by atoms with Crippen molar-refractivity contribution < 1.29 is 21.3 Å². The summed E-state index contributed by atoms with van der Waals surface area (Å²) in [4.78, 5) is 0. The monoisotopic (exact) mass is 308 g/mol. The fraction of sp³-hybridized carbons (Fsp3) is 0.600. The normalized spacial score (nSPS) is 23.3. The van der Waals surface area contributed by atoms with Crippen molar-refractivity contribution in [3.63, 3.8) is 0 Å². The van der Waals surface area contributed by atoms with E-state index < -0.39 is 19.9 Å². The number of primary sulfonamides is 1. The molecule has 2 rings (SSSR count). The Morgan fingerprint density at radius 2 is 2.16 bits per heavy atom. The molecule has 0 aromatic carbocycles. The van der Waals surface area contributed by atoms with Gasteiger partial charge in [0, 0.05) is 6.04 Å². The van der Waals surface area contributed by atoms with Gasteiger partial charge in [0.2, 0.25) is 5.09 Å². The molecule has 1 aromatic heterocycles. The Bertz CT molecular complexity index is 647. The first-order chi connectivity index (χ1) is 8.76. The van der Waals surface area contributed by atoms with E-state index >= 15 is 0 Å². The van der Waals surface area contributed by atoms with Crippen molar-refractivity contribution in [2.45, 2.75) is 30.5 Å². The van der Waals surface area contributed by atoms with Crippen LogP contribution in [0.15, 0.2) is 21.6 Å². The van der Waals surface area contributed by atoms with Gasteiger partial charge in [0.05, 0.1) is 18.1 Å². The standard InChI is InChI=1S/C10H16N2O5S2/c11-19(15,16)10-4-3-9(17-10)6-12-8-2-1-5-18(13,14)7-8/h3-4,8,12H,1-2,5-7H2,(H2,11,15,16). The van der Waals surface area contributed by atoms with E-state index in [1.165, 1.54) is 12.1 Å². The largest absolute Gasteiger partial charge is 0.447 e. The lowest BCUT2D eigenvalue weighted by atomic mass is 10.2. The summed E-state index contributed by atoms with van der Waals surface area (Å²) < 4.78 is 50.0. The topological polar surface area (TPSA) is 119 Å². The van der Waals surface area contributed by atoms with Gasteiger partial charge in [-0.05, 0) is 25.0 Å². The van der Waals surface area contributed by atoms with Gasteiger partial charge < -0.3 is 9.73 Å². The van der Waals surface area contributed by atoms with E-state index in [2.05, 4.69) is 5.32 Å². The Labute approximate surface area is 112 Å². The van der Waals surface area contributed by atoms with Crippen LogP contribution in [-0.2, 0) is 26.4 Å². The van der Waals surface area contributed by atoms with Gasteiger partial charge in [-0.15, -0.1) is 0 Å². The Kier molecular flexibility index (Phi) is 4.00. The molecule has 0 spiro atoms. The molecular weight excluding hydrogens is 292 g/mol. The fourth-order valence-corrected chi connectivity index (χ4v) is 4.19. The molecule has 1 atom stereocenters. The lowest BCUT2D eigenvalue weighted by molar-refractivity contribution is 0.385. The maximum Gasteiger partial charge on any atom is 0.271 e. The minimum atomic E-state index is -3.83. The molecule has 0 radical (unpaired) electrons. The number of hydrogen-bond donors (Lipinski definition) is 2. The van der Waals surface area contributed by atoms with E-state index in [1.807, 2.05) is 0 Å². The lowest BCUT2D eigenvalue weighted by Crippen LogP contribution is -2.39. The maximum absolute atomic E-state index is 11.4. The second kappa shape index (κ2) is 5.23. The molecule has 7 nitrogen and oxygen atoms in total. The molecule has 2 heterocycles. The molecule has 1 aliphatic heterocycles. The van der Waals surface area contributed by atoms with Gasteiger partial charge in [-0.25, -0.2) is 22.0 Å². The molecule has 19 heavy (non-hydrogen) atoms. The molecule has 1 saturated heterocycles. The fourth-order valence-electron chi connectivity index (χ4n) is 2.03. The molecule has 0 bridgehead atoms. The number of hydrogen-bond acceptors (Lipinski definition) is 6. The number of nitrogens with one attached hydrogen (secondary N) is 1. The van der Waals surface area contributed by atoms with Crippen molar-refractivity contribution in [2.75, 3.05) is 11.5 Å². The van der Waals surface area contributed by atoms with Crippen LogP contribution in [0.1, 0.15) is 18.6 Å². The minimum absolute atomic E-state index is 0.107. The van der Waals surface area contributed by atoms with Crippen molar-refractivity contribution in [1.29, 1.82) is 0 Å². The van der Waals surface area contributed by atoms with E-state index in [9.17, 15) is 16.8 Å². The summed E-state index contributed by atoms with van der Waals surface area (Å²) in [5.41, 5.74) is 0. The summed E-state index contributed by atoms with van der Waals surface area (Å²) in [6.07, 6.45) is 1.42. The van der Waals surface area contributed by atoms with Crippen molar-refractivity contribution in [3.05, 3.63) is 17.9 Å². The summed E-state index contributed by atoms with van der Waals surface area (Å²) in [5.74, 6) is 0.754. The number of furan rings is 1. The van der Waals surface area contributed by atoms with E-state index in [-0.39, 0.29) is 29.2 Å². The smallest absolute Gasteiger partial charge is 0.271 e. The van der Waals surface area contributed by atoms with Crippen molar-refractivity contribution in [3.8, 4) is 0 Å². The van der Waals surface area contributed by atoms with Gasteiger partial charge in [0.25, 0.3) is 10.0 Å². The highest BCUT2D eigenvalue weighted by molar-refractivity contribution is 7.91. The summed E-state index contributed by atoms with van der Waals surface area (Å²) in [6, 6.07) is 2.66. The highest BCUT2D eigenvalue weighted by Gasteiger charge is 2.24. The van der Waals surface area contributed by atoms with Crippen LogP contribution < -0.4 is 10.5 Å². The van der Waals surface area contributed by atoms with E-state index in [0.717, 1.165) is 6.42 Å². The number of nitrogens with two attached hydrogens (primary N) is 1. The molecule has 1 unspecified atom stereocenters. The Balaban J connectivity index is 1.94. The molecular formula is C10H16N2O5S2. The number of sulfonamides is 1.